The largest absolute Gasteiger partial charge is 0.464 e. The summed E-state index contributed by atoms with van der Waals surface area (Å²) >= 11 is 5.90. The minimum absolute atomic E-state index is 0.0487. The van der Waals surface area contributed by atoms with Crippen LogP contribution in [0.3, 0.4) is 0 Å². The van der Waals surface area contributed by atoms with E-state index in [0.29, 0.717) is 5.56 Å². The molecule has 0 radical (unpaired) electrons. The van der Waals surface area contributed by atoms with Gasteiger partial charge in [0.25, 0.3) is 0 Å². The quantitative estimate of drug-likeness (QED) is 0.718. The van der Waals surface area contributed by atoms with Crippen LogP contribution in [0.15, 0.2) is 54.9 Å². The van der Waals surface area contributed by atoms with Crippen LogP contribution in [-0.4, -0.2) is 26.4 Å². The Morgan fingerprint density at radius 3 is 2.64 bits per heavy atom. The minimum atomic E-state index is -1.32. The Morgan fingerprint density at radius 2 is 1.96 bits per heavy atom. The molecule has 25 heavy (non-hydrogen) atoms. The summed E-state index contributed by atoms with van der Waals surface area (Å²) in [6.45, 7) is 0. The smallest absolute Gasteiger partial charge is 0.417 e. The second kappa shape index (κ2) is 6.95. The second-order valence-electron chi connectivity index (χ2n) is 4.89. The van der Waals surface area contributed by atoms with Gasteiger partial charge in [0.05, 0.1) is 11.9 Å². The Hall–Kier alpha value is -3.50. The van der Waals surface area contributed by atoms with E-state index >= 15 is 0 Å². The van der Waals surface area contributed by atoms with Crippen molar-refractivity contribution in [2.75, 3.05) is 4.90 Å². The molecule has 0 unspecified atom stereocenters. The topological polar surface area (TPSA) is 103 Å². The lowest BCUT2D eigenvalue weighted by atomic mass is 10.1. The van der Waals surface area contributed by atoms with Crippen LogP contribution < -0.4 is 4.90 Å². The molecule has 0 bridgehead atoms. The number of hydrogen-bond donors (Lipinski definition) is 1. The van der Waals surface area contributed by atoms with Crippen molar-refractivity contribution in [3.8, 4) is 17.2 Å². The molecule has 0 saturated carbocycles. The number of benzene rings is 1. The zero-order valence-corrected chi connectivity index (χ0v) is 13.4. The van der Waals surface area contributed by atoms with Gasteiger partial charge < -0.3 is 5.11 Å². The summed E-state index contributed by atoms with van der Waals surface area (Å²) in [6.07, 6.45) is 1.53. The Balaban J connectivity index is 2.14. The van der Waals surface area contributed by atoms with E-state index in [4.69, 9.17) is 11.6 Å². The van der Waals surface area contributed by atoms with Crippen molar-refractivity contribution in [1.29, 1.82) is 5.26 Å². The minimum Gasteiger partial charge on any atom is -0.464 e. The van der Waals surface area contributed by atoms with E-state index < -0.39 is 6.09 Å². The molecule has 7 nitrogen and oxygen atoms in total. The van der Waals surface area contributed by atoms with Crippen molar-refractivity contribution in [3.63, 3.8) is 0 Å². The van der Waals surface area contributed by atoms with E-state index in [9.17, 15) is 15.2 Å². The third-order valence-corrected chi connectivity index (χ3v) is 3.69. The van der Waals surface area contributed by atoms with E-state index in [1.807, 2.05) is 36.4 Å². The predicted octanol–water partition coefficient (Wildman–Crippen LogP) is 3.88. The van der Waals surface area contributed by atoms with Crippen LogP contribution in [0.25, 0.3) is 11.1 Å². The molecule has 0 spiro atoms. The highest BCUT2D eigenvalue weighted by Gasteiger charge is 2.24. The lowest BCUT2D eigenvalue weighted by Crippen LogP contribution is -2.26. The van der Waals surface area contributed by atoms with Crippen LogP contribution in [0.4, 0.5) is 16.3 Å². The van der Waals surface area contributed by atoms with Gasteiger partial charge in [0.15, 0.2) is 5.82 Å². The van der Waals surface area contributed by atoms with Gasteiger partial charge in [0, 0.05) is 11.8 Å². The Labute approximate surface area is 147 Å². The molecule has 3 rings (SSSR count). The van der Waals surface area contributed by atoms with Crippen molar-refractivity contribution in [1.82, 2.24) is 15.2 Å². The highest BCUT2D eigenvalue weighted by molar-refractivity contribution is 6.31. The number of pyridine rings is 1. The molecule has 1 amide bonds. The van der Waals surface area contributed by atoms with Gasteiger partial charge in [-0.1, -0.05) is 41.9 Å². The number of aromatic nitrogens is 3. The molecule has 0 aliphatic rings. The maximum Gasteiger partial charge on any atom is 0.417 e. The predicted molar refractivity (Wildman–Crippen MR) is 91.6 cm³/mol. The number of nitrogens with zero attached hydrogens (tertiary/aromatic N) is 5. The highest BCUT2D eigenvalue weighted by atomic mass is 35.5. The fourth-order valence-electron chi connectivity index (χ4n) is 2.29. The molecule has 8 heteroatoms. The average Bonchev–Trinajstić information content (AvgIpc) is 2.63. The van der Waals surface area contributed by atoms with Gasteiger partial charge in [0.1, 0.15) is 16.8 Å². The van der Waals surface area contributed by atoms with Crippen molar-refractivity contribution in [2.24, 2.45) is 0 Å². The maximum atomic E-state index is 11.8. The third kappa shape index (κ3) is 3.24. The molecule has 2 heterocycles. The highest BCUT2D eigenvalue weighted by Crippen LogP contribution is 2.31. The molecule has 0 saturated heterocycles. The lowest BCUT2D eigenvalue weighted by molar-refractivity contribution is 0.204. The number of hydrogen-bond acceptors (Lipinski definition) is 5. The van der Waals surface area contributed by atoms with Crippen LogP contribution in [0.5, 0.6) is 0 Å². The summed E-state index contributed by atoms with van der Waals surface area (Å²) in [7, 11) is 0. The molecule has 0 aliphatic heterocycles. The first kappa shape index (κ1) is 16.4. The van der Waals surface area contributed by atoms with Gasteiger partial charge in [-0.3, -0.25) is 0 Å². The molecule has 1 N–H and O–H groups in total. The molecular weight excluding hydrogens is 342 g/mol. The summed E-state index contributed by atoms with van der Waals surface area (Å²) in [5.41, 5.74) is 1.56. The van der Waals surface area contributed by atoms with Crippen LogP contribution in [-0.2, 0) is 0 Å². The van der Waals surface area contributed by atoms with Gasteiger partial charge in [-0.05, 0) is 17.7 Å². The summed E-state index contributed by atoms with van der Waals surface area (Å²) in [5.74, 6) is 0.0487. The van der Waals surface area contributed by atoms with Gasteiger partial charge in [0.2, 0.25) is 0 Å². The maximum absolute atomic E-state index is 11.8. The third-order valence-electron chi connectivity index (χ3n) is 3.40. The molecule has 0 fully saturated rings. The normalized spacial score (nSPS) is 10.1. The first-order valence-corrected chi connectivity index (χ1v) is 7.45. The van der Waals surface area contributed by atoms with Gasteiger partial charge in [-0.2, -0.15) is 10.4 Å². The fourth-order valence-corrected chi connectivity index (χ4v) is 2.49. The Morgan fingerprint density at radius 1 is 1.20 bits per heavy atom. The summed E-state index contributed by atoms with van der Waals surface area (Å²) < 4.78 is 0. The second-order valence-corrected chi connectivity index (χ2v) is 5.25. The average molecular weight is 352 g/mol. The lowest BCUT2D eigenvalue weighted by Gasteiger charge is -2.19. The summed E-state index contributed by atoms with van der Waals surface area (Å²) in [5, 5.41) is 26.6. The van der Waals surface area contributed by atoms with Gasteiger partial charge >= 0.3 is 6.09 Å². The zero-order valence-electron chi connectivity index (χ0n) is 12.7. The van der Waals surface area contributed by atoms with E-state index in [1.54, 1.807) is 6.07 Å². The Kier molecular flexibility index (Phi) is 4.55. The van der Waals surface area contributed by atoms with Crippen LogP contribution in [0.2, 0.25) is 5.15 Å². The number of carboxylic acid groups (broad SMARTS) is 1. The Bertz CT molecular complexity index is 972. The zero-order chi connectivity index (χ0) is 17.8. The fraction of sp³-hybridized carbons (Fsp3) is 0. The van der Waals surface area contributed by atoms with Crippen LogP contribution >= 0.6 is 11.6 Å². The van der Waals surface area contributed by atoms with Gasteiger partial charge in [-0.15, -0.1) is 5.10 Å². The SMILES string of the molecule is N#Cc1c(N(C(=O)O)c2cc(-c3ccccc3)cnn2)ccnc1Cl. The van der Waals surface area contributed by atoms with E-state index in [1.165, 1.54) is 18.5 Å². The summed E-state index contributed by atoms with van der Waals surface area (Å²) in [4.78, 5) is 16.5. The van der Waals surface area contributed by atoms with E-state index in [-0.39, 0.29) is 22.2 Å². The molecule has 0 atom stereocenters. The van der Waals surface area contributed by atoms with Crippen molar-refractivity contribution >= 4 is 29.2 Å². The number of anilines is 2. The summed E-state index contributed by atoms with van der Waals surface area (Å²) in [6, 6.07) is 14.2. The number of nitriles is 1. The van der Waals surface area contributed by atoms with Crippen molar-refractivity contribution in [3.05, 3.63) is 65.6 Å². The number of carbonyl (C=O) groups is 1. The molecule has 3 aromatic rings. The number of rotatable bonds is 3. The van der Waals surface area contributed by atoms with Crippen LogP contribution in [0.1, 0.15) is 5.56 Å². The molecular formula is C17H10ClN5O2. The molecule has 122 valence electrons. The first-order chi connectivity index (χ1) is 12.1. The van der Waals surface area contributed by atoms with Crippen LogP contribution in [0, 0.1) is 11.3 Å². The number of halogens is 1. The van der Waals surface area contributed by atoms with E-state index in [2.05, 4.69) is 15.2 Å². The van der Waals surface area contributed by atoms with Crippen molar-refractivity contribution < 1.29 is 9.90 Å². The monoisotopic (exact) mass is 351 g/mol. The molecule has 2 aromatic heterocycles. The molecule has 1 aromatic carbocycles. The first-order valence-electron chi connectivity index (χ1n) is 7.07. The van der Waals surface area contributed by atoms with Crippen molar-refractivity contribution in [2.45, 2.75) is 0 Å². The molecule has 0 aliphatic carbocycles. The standard InChI is InChI=1S/C17H10ClN5O2/c18-16-13(9-19)14(6-7-20-16)23(17(24)25)15-8-12(10-21-22-15)11-4-2-1-3-5-11/h1-8,10H,(H,24,25). The van der Waals surface area contributed by atoms with Gasteiger partial charge in [-0.25, -0.2) is 14.7 Å². The number of amides is 1. The van der Waals surface area contributed by atoms with E-state index in [0.717, 1.165) is 10.5 Å².